The highest BCUT2D eigenvalue weighted by molar-refractivity contribution is 5.51. The summed E-state index contributed by atoms with van der Waals surface area (Å²) in [6, 6.07) is 6.61. The van der Waals surface area contributed by atoms with Crippen LogP contribution >= 0.6 is 0 Å². The summed E-state index contributed by atoms with van der Waals surface area (Å²) in [5.74, 6) is 0.564. The lowest BCUT2D eigenvalue weighted by atomic mass is 10.0. The lowest BCUT2D eigenvalue weighted by molar-refractivity contribution is -0.108. The second kappa shape index (κ2) is 3.33. The van der Waals surface area contributed by atoms with Crippen molar-refractivity contribution in [1.29, 1.82) is 0 Å². The van der Waals surface area contributed by atoms with E-state index in [4.69, 9.17) is 0 Å². The number of aldehydes is 1. The zero-order valence-corrected chi connectivity index (χ0v) is 7.92. The van der Waals surface area contributed by atoms with E-state index in [1.807, 2.05) is 0 Å². The van der Waals surface area contributed by atoms with Crippen molar-refractivity contribution >= 4 is 6.29 Å². The Morgan fingerprint density at radius 1 is 1.38 bits per heavy atom. The quantitative estimate of drug-likeness (QED) is 0.629. The summed E-state index contributed by atoms with van der Waals surface area (Å²) >= 11 is 0. The molecule has 13 heavy (non-hydrogen) atoms. The summed E-state index contributed by atoms with van der Waals surface area (Å²) in [7, 11) is 0. The molecule has 0 fully saturated rings. The smallest absolute Gasteiger partial charge is 0.120 e. The zero-order valence-electron chi connectivity index (χ0n) is 7.92. The highest BCUT2D eigenvalue weighted by atomic mass is 16.1. The Morgan fingerprint density at radius 2 is 2.15 bits per heavy atom. The molecule has 0 amide bonds. The molecule has 0 bridgehead atoms. The van der Waals surface area contributed by atoms with Crippen LogP contribution in [0.1, 0.15) is 23.1 Å². The van der Waals surface area contributed by atoms with Gasteiger partial charge >= 0.3 is 0 Å². The largest absolute Gasteiger partial charge is 0.303 e. The van der Waals surface area contributed by atoms with Crippen LogP contribution in [0.5, 0.6) is 0 Å². The van der Waals surface area contributed by atoms with E-state index in [2.05, 4.69) is 25.1 Å². The monoisotopic (exact) mass is 174 g/mol. The zero-order chi connectivity index (χ0) is 9.26. The molecule has 1 aromatic rings. The lowest BCUT2D eigenvalue weighted by Gasteiger charge is -2.00. The topological polar surface area (TPSA) is 17.1 Å². The first-order valence-electron chi connectivity index (χ1n) is 4.81. The van der Waals surface area contributed by atoms with Gasteiger partial charge in [0, 0.05) is 6.42 Å². The Hall–Kier alpha value is -1.11. The molecular formula is C12H14O. The van der Waals surface area contributed by atoms with Crippen LogP contribution < -0.4 is 0 Å². The number of carbonyl (C=O) groups is 1. The molecule has 68 valence electrons. The minimum absolute atomic E-state index is 0.564. The van der Waals surface area contributed by atoms with Crippen molar-refractivity contribution in [2.24, 2.45) is 5.92 Å². The molecule has 1 atom stereocenters. The molecule has 0 heterocycles. The van der Waals surface area contributed by atoms with Crippen molar-refractivity contribution in [2.75, 3.05) is 0 Å². The van der Waals surface area contributed by atoms with Crippen LogP contribution in [0.15, 0.2) is 18.2 Å². The maximum Gasteiger partial charge on any atom is 0.120 e. The Bertz CT molecular complexity index is 328. The van der Waals surface area contributed by atoms with E-state index >= 15 is 0 Å². The molecule has 1 unspecified atom stereocenters. The molecule has 0 radical (unpaired) electrons. The van der Waals surface area contributed by atoms with E-state index in [0.29, 0.717) is 12.3 Å². The first-order valence-corrected chi connectivity index (χ1v) is 4.81. The minimum atomic E-state index is 0.564. The van der Waals surface area contributed by atoms with Gasteiger partial charge in [0.05, 0.1) is 0 Å². The molecule has 1 heteroatoms. The van der Waals surface area contributed by atoms with Gasteiger partial charge in [-0.05, 0) is 36.8 Å². The lowest BCUT2D eigenvalue weighted by Crippen LogP contribution is -1.99. The number of fused-ring (bicyclic) bond motifs is 1. The number of rotatable bonds is 2. The number of carbonyl (C=O) groups excluding carboxylic acids is 1. The van der Waals surface area contributed by atoms with Gasteiger partial charge in [0.1, 0.15) is 6.29 Å². The van der Waals surface area contributed by atoms with Crippen LogP contribution in [0, 0.1) is 12.8 Å². The predicted molar refractivity (Wildman–Crippen MR) is 52.8 cm³/mol. The van der Waals surface area contributed by atoms with Crippen molar-refractivity contribution in [2.45, 2.75) is 26.2 Å². The standard InChI is InChI=1S/C12H14O/c1-9-2-3-11-7-10(4-5-13)8-12(11)6-9/h2-3,5-6,10H,4,7-8H2,1H3. The Balaban J connectivity index is 2.20. The van der Waals surface area contributed by atoms with Gasteiger partial charge < -0.3 is 4.79 Å². The van der Waals surface area contributed by atoms with Gasteiger partial charge in [-0.1, -0.05) is 23.8 Å². The maximum absolute atomic E-state index is 10.4. The molecule has 1 aliphatic carbocycles. The maximum atomic E-state index is 10.4. The SMILES string of the molecule is Cc1ccc2c(c1)CC(CC=O)C2. The van der Waals surface area contributed by atoms with Crippen molar-refractivity contribution < 1.29 is 4.79 Å². The van der Waals surface area contributed by atoms with E-state index in [1.165, 1.54) is 16.7 Å². The molecular weight excluding hydrogens is 160 g/mol. The van der Waals surface area contributed by atoms with Crippen molar-refractivity contribution in [3.63, 3.8) is 0 Å². The van der Waals surface area contributed by atoms with Crippen LogP contribution in [0.3, 0.4) is 0 Å². The normalized spacial score (nSPS) is 19.9. The van der Waals surface area contributed by atoms with E-state index in [0.717, 1.165) is 19.1 Å². The third-order valence-corrected chi connectivity index (χ3v) is 2.81. The van der Waals surface area contributed by atoms with Gasteiger partial charge in [-0.3, -0.25) is 0 Å². The number of hydrogen-bond acceptors (Lipinski definition) is 1. The molecule has 0 saturated heterocycles. The number of hydrogen-bond donors (Lipinski definition) is 0. The molecule has 0 N–H and O–H groups in total. The molecule has 0 aromatic heterocycles. The van der Waals surface area contributed by atoms with Crippen LogP contribution in [-0.2, 0) is 17.6 Å². The van der Waals surface area contributed by atoms with Gasteiger partial charge in [-0.2, -0.15) is 0 Å². The summed E-state index contributed by atoms with van der Waals surface area (Å²) in [4.78, 5) is 10.4. The first-order chi connectivity index (χ1) is 6.29. The molecule has 0 aliphatic heterocycles. The molecule has 2 rings (SSSR count). The van der Waals surface area contributed by atoms with E-state index < -0.39 is 0 Å². The van der Waals surface area contributed by atoms with Gasteiger partial charge in [-0.25, -0.2) is 0 Å². The molecule has 0 saturated carbocycles. The Labute approximate surface area is 78.8 Å². The molecule has 1 nitrogen and oxygen atoms in total. The van der Waals surface area contributed by atoms with E-state index in [1.54, 1.807) is 0 Å². The fraction of sp³-hybridized carbons (Fsp3) is 0.417. The van der Waals surface area contributed by atoms with Crippen LogP contribution in [0.25, 0.3) is 0 Å². The van der Waals surface area contributed by atoms with E-state index in [9.17, 15) is 4.79 Å². The Morgan fingerprint density at radius 3 is 2.92 bits per heavy atom. The van der Waals surface area contributed by atoms with Crippen molar-refractivity contribution in [3.05, 3.63) is 34.9 Å². The van der Waals surface area contributed by atoms with Gasteiger partial charge in [-0.15, -0.1) is 0 Å². The summed E-state index contributed by atoms with van der Waals surface area (Å²) in [5.41, 5.74) is 4.22. The van der Waals surface area contributed by atoms with E-state index in [-0.39, 0.29) is 0 Å². The minimum Gasteiger partial charge on any atom is -0.303 e. The summed E-state index contributed by atoms with van der Waals surface area (Å²) in [6.45, 7) is 2.12. The van der Waals surface area contributed by atoms with Crippen molar-refractivity contribution in [1.82, 2.24) is 0 Å². The van der Waals surface area contributed by atoms with Crippen LogP contribution in [0.2, 0.25) is 0 Å². The Kier molecular flexibility index (Phi) is 2.17. The predicted octanol–water partition coefficient (Wildman–Crippen LogP) is 2.30. The highest BCUT2D eigenvalue weighted by Crippen LogP contribution is 2.28. The summed E-state index contributed by atoms with van der Waals surface area (Å²) < 4.78 is 0. The third-order valence-electron chi connectivity index (χ3n) is 2.81. The third kappa shape index (κ3) is 1.64. The van der Waals surface area contributed by atoms with Crippen LogP contribution in [0.4, 0.5) is 0 Å². The molecule has 1 aromatic carbocycles. The fourth-order valence-electron chi connectivity index (χ4n) is 2.14. The molecule has 1 aliphatic rings. The van der Waals surface area contributed by atoms with Gasteiger partial charge in [0.25, 0.3) is 0 Å². The highest BCUT2D eigenvalue weighted by Gasteiger charge is 2.20. The summed E-state index contributed by atoms with van der Waals surface area (Å²) in [5, 5.41) is 0. The van der Waals surface area contributed by atoms with Gasteiger partial charge in [0.15, 0.2) is 0 Å². The average molecular weight is 174 g/mol. The number of aryl methyl sites for hydroxylation is 1. The average Bonchev–Trinajstić information content (AvgIpc) is 2.46. The first kappa shape index (κ1) is 8.49. The second-order valence-corrected chi connectivity index (χ2v) is 3.95. The van der Waals surface area contributed by atoms with Crippen LogP contribution in [-0.4, -0.2) is 6.29 Å². The fourth-order valence-corrected chi connectivity index (χ4v) is 2.14. The van der Waals surface area contributed by atoms with Crippen molar-refractivity contribution in [3.8, 4) is 0 Å². The molecule has 0 spiro atoms. The van der Waals surface area contributed by atoms with Gasteiger partial charge in [0.2, 0.25) is 0 Å². The number of benzene rings is 1. The second-order valence-electron chi connectivity index (χ2n) is 3.95. The summed E-state index contributed by atoms with van der Waals surface area (Å²) in [6.07, 6.45) is 3.95.